The van der Waals surface area contributed by atoms with E-state index in [-0.39, 0.29) is 36.9 Å². The largest absolute Gasteiger partial charge is 0.395 e. The third-order valence-corrected chi connectivity index (χ3v) is 10.2. The molecule has 4 N–H and O–H groups in total. The lowest BCUT2D eigenvalue weighted by Gasteiger charge is -2.39. The molecule has 10 nitrogen and oxygen atoms in total. The van der Waals surface area contributed by atoms with Gasteiger partial charge in [0, 0.05) is 69.7 Å². The summed E-state index contributed by atoms with van der Waals surface area (Å²) in [6.45, 7) is 3.54. The normalized spacial score (nSPS) is 22.3. The van der Waals surface area contributed by atoms with Crippen molar-refractivity contribution in [1.29, 1.82) is 0 Å². The van der Waals surface area contributed by atoms with Crippen molar-refractivity contribution in [1.82, 2.24) is 29.9 Å². The van der Waals surface area contributed by atoms with Crippen LogP contribution in [0.15, 0.2) is 67.1 Å². The number of benzene rings is 2. The van der Waals surface area contributed by atoms with E-state index in [2.05, 4.69) is 20.3 Å². The van der Waals surface area contributed by atoms with Crippen LogP contribution in [-0.4, -0.2) is 93.0 Å². The number of amides is 1. The van der Waals surface area contributed by atoms with Crippen molar-refractivity contribution in [2.45, 2.75) is 56.4 Å². The van der Waals surface area contributed by atoms with E-state index in [1.165, 1.54) is 0 Å². The summed E-state index contributed by atoms with van der Waals surface area (Å²) >= 11 is 0. The number of β-amino-alcohol motifs (C(OH)–C–C–N with tert-alkyl or cyclic N) is 1. The Morgan fingerprint density at radius 1 is 1.02 bits per heavy atom. The van der Waals surface area contributed by atoms with Crippen LogP contribution in [0.5, 0.6) is 0 Å². The second-order valence-electron chi connectivity index (χ2n) is 13.5. The van der Waals surface area contributed by atoms with Crippen LogP contribution in [0.4, 0.5) is 14.6 Å². The van der Waals surface area contributed by atoms with Gasteiger partial charge in [-0.05, 0) is 53.1 Å². The zero-order valence-corrected chi connectivity index (χ0v) is 27.7. The van der Waals surface area contributed by atoms with Gasteiger partial charge in [0.15, 0.2) is 0 Å². The van der Waals surface area contributed by atoms with E-state index in [1.54, 1.807) is 23.1 Å². The summed E-state index contributed by atoms with van der Waals surface area (Å²) in [7, 11) is 1.83. The predicted octanol–water partition coefficient (Wildman–Crippen LogP) is 4.44. The second kappa shape index (κ2) is 13.9. The molecule has 0 radical (unpaired) electrons. The Labute approximate surface area is 284 Å². The van der Waals surface area contributed by atoms with Crippen molar-refractivity contribution in [3.63, 3.8) is 0 Å². The van der Waals surface area contributed by atoms with Gasteiger partial charge in [-0.2, -0.15) is 5.10 Å². The highest BCUT2D eigenvalue weighted by molar-refractivity contribution is 5.99. The number of hydrogen-bond donors (Lipinski definition) is 3. The molecule has 4 aromatic rings. The van der Waals surface area contributed by atoms with Gasteiger partial charge in [-0.15, -0.1) is 0 Å². The summed E-state index contributed by atoms with van der Waals surface area (Å²) in [5, 5.41) is 16.5. The Balaban J connectivity index is 0.963. The lowest BCUT2D eigenvalue weighted by molar-refractivity contribution is -0.0821. The monoisotopic (exact) mass is 671 g/mol. The van der Waals surface area contributed by atoms with Gasteiger partial charge < -0.3 is 20.9 Å². The minimum Gasteiger partial charge on any atom is -0.395 e. The lowest BCUT2D eigenvalue weighted by atomic mass is 9.98. The highest BCUT2D eigenvalue weighted by Crippen LogP contribution is 2.48. The fourth-order valence-corrected chi connectivity index (χ4v) is 7.55. The van der Waals surface area contributed by atoms with Crippen molar-refractivity contribution in [3.05, 3.63) is 89.4 Å². The average molecular weight is 672 g/mol. The van der Waals surface area contributed by atoms with Gasteiger partial charge in [-0.1, -0.05) is 42.5 Å². The molecule has 1 unspecified atom stereocenters. The lowest BCUT2D eigenvalue weighted by Crippen LogP contribution is -2.51. The number of pyridine rings is 1. The summed E-state index contributed by atoms with van der Waals surface area (Å²) < 4.78 is 38.7. The van der Waals surface area contributed by atoms with Crippen molar-refractivity contribution >= 4 is 11.7 Å². The van der Waals surface area contributed by atoms with Gasteiger partial charge in [0.05, 0.1) is 43.2 Å². The third-order valence-electron chi connectivity index (χ3n) is 10.2. The number of ether oxygens (including phenoxy) is 1. The van der Waals surface area contributed by atoms with Gasteiger partial charge in [0.2, 0.25) is 0 Å². The molecule has 0 spiro atoms. The number of fused-ring (bicyclic) bond motifs is 1. The van der Waals surface area contributed by atoms with E-state index in [1.807, 2.05) is 60.6 Å². The van der Waals surface area contributed by atoms with Crippen LogP contribution in [0.3, 0.4) is 0 Å². The first-order valence-electron chi connectivity index (χ1n) is 17.0. The number of halogens is 2. The second-order valence-corrected chi connectivity index (χ2v) is 13.5. The highest BCUT2D eigenvalue weighted by atomic mass is 19.3. The van der Waals surface area contributed by atoms with Gasteiger partial charge in [-0.3, -0.25) is 19.3 Å². The molecule has 1 amide bonds. The molecule has 2 aliphatic carbocycles. The smallest absolute Gasteiger partial charge is 0.271 e. The topological polar surface area (TPSA) is 122 Å². The summed E-state index contributed by atoms with van der Waals surface area (Å²) in [5.41, 5.74) is 12.3. The van der Waals surface area contributed by atoms with E-state index < -0.39 is 12.0 Å². The number of hydrogen-bond acceptors (Lipinski definition) is 8. The number of alkyl halides is 2. The number of carbonyl (C=O) groups excluding carboxylic acids is 1. The zero-order chi connectivity index (χ0) is 34.1. The first kappa shape index (κ1) is 33.3. The summed E-state index contributed by atoms with van der Waals surface area (Å²) in [4.78, 5) is 21.5. The Kier molecular flexibility index (Phi) is 9.47. The minimum absolute atomic E-state index is 0.0823. The molecule has 0 bridgehead atoms. The van der Waals surface area contributed by atoms with Crippen molar-refractivity contribution in [2.75, 3.05) is 45.1 Å². The van der Waals surface area contributed by atoms with E-state index in [0.29, 0.717) is 56.0 Å². The number of aryl methyl sites for hydroxylation is 1. The van der Waals surface area contributed by atoms with Crippen LogP contribution < -0.4 is 11.1 Å². The maximum atomic E-state index is 15.4. The number of nitrogens with two attached hydrogens (primary N) is 1. The maximum Gasteiger partial charge on any atom is 0.271 e. The van der Waals surface area contributed by atoms with Gasteiger partial charge in [0.25, 0.3) is 11.8 Å². The number of piperazine rings is 1. The molecule has 2 fully saturated rings. The van der Waals surface area contributed by atoms with E-state index in [9.17, 15) is 9.90 Å². The van der Waals surface area contributed by atoms with E-state index >= 15 is 8.78 Å². The number of nitrogen functional groups attached to an aromatic ring is 1. The predicted molar refractivity (Wildman–Crippen MR) is 183 cm³/mol. The molecule has 2 aromatic heterocycles. The summed E-state index contributed by atoms with van der Waals surface area (Å²) in [5.74, 6) is -2.93. The quantitative estimate of drug-likeness (QED) is 0.226. The van der Waals surface area contributed by atoms with Crippen LogP contribution >= 0.6 is 0 Å². The number of carbonyl (C=O) groups is 1. The van der Waals surface area contributed by atoms with Crippen LogP contribution in [0.25, 0.3) is 22.3 Å². The zero-order valence-electron chi connectivity index (χ0n) is 27.7. The summed E-state index contributed by atoms with van der Waals surface area (Å²) in [6, 6.07) is 14.4. The fraction of sp³-hybridized carbons (Fsp3) is 0.432. The number of aliphatic hydroxyl groups is 1. The Hall–Kier alpha value is -4.23. The molecular weight excluding hydrogens is 628 g/mol. The number of anilines is 1. The minimum atomic E-state index is -2.83. The Morgan fingerprint density at radius 2 is 1.80 bits per heavy atom. The highest BCUT2D eigenvalue weighted by Gasteiger charge is 2.50. The average Bonchev–Trinajstić information content (AvgIpc) is 3.80. The van der Waals surface area contributed by atoms with Crippen molar-refractivity contribution < 1.29 is 23.4 Å². The maximum absolute atomic E-state index is 15.4. The molecule has 3 atom stereocenters. The van der Waals surface area contributed by atoms with E-state index in [4.69, 9.17) is 10.5 Å². The molecule has 258 valence electrons. The standard InChI is InChI=1S/C37H43F2N7O3/c1-44-22-29(21-42-44)28-18-31(35(40)41-20-28)36(48)43-32-3-2-4-33(32)49-23-24-5-7-25(8-6-24)26-9-10-30-27(17-26)19-37(38,39)34(30)46-13-11-45(12-14-46)15-16-47/h5-10,17-18,20-22,32-34,47H,2-4,11-16,19,23H2,1H3,(H2,40,41)(H,43,48)/t32-,33-,34?/m0/s1. The number of aromatic nitrogens is 3. The molecular formula is C37H43F2N7O3. The molecule has 1 aliphatic heterocycles. The molecule has 1 saturated heterocycles. The molecule has 3 heterocycles. The molecule has 2 aromatic carbocycles. The van der Waals surface area contributed by atoms with Crippen LogP contribution in [0, 0.1) is 0 Å². The first-order chi connectivity index (χ1) is 23.7. The van der Waals surface area contributed by atoms with E-state index in [0.717, 1.165) is 47.1 Å². The van der Waals surface area contributed by atoms with Crippen LogP contribution in [0.2, 0.25) is 0 Å². The van der Waals surface area contributed by atoms with Crippen LogP contribution in [-0.2, 0) is 24.8 Å². The Morgan fingerprint density at radius 3 is 2.53 bits per heavy atom. The SMILES string of the molecule is Cn1cc(-c2cnc(N)c(C(=O)N[C@H]3CCC[C@@H]3OCc3ccc(-c4ccc5c(c4)CC(F)(F)C5N4CCN(CCO)CC4)cc3)c2)cn1. The summed E-state index contributed by atoms with van der Waals surface area (Å²) in [6.07, 6.45) is 7.40. The number of nitrogens with zero attached hydrogens (tertiary/aromatic N) is 5. The fourth-order valence-electron chi connectivity index (χ4n) is 7.55. The van der Waals surface area contributed by atoms with Gasteiger partial charge in [0.1, 0.15) is 5.82 Å². The number of aliphatic hydroxyl groups excluding tert-OH is 1. The van der Waals surface area contributed by atoms with Crippen LogP contribution in [0.1, 0.15) is 52.4 Å². The molecule has 12 heteroatoms. The molecule has 7 rings (SSSR count). The van der Waals surface area contributed by atoms with Gasteiger partial charge in [-0.25, -0.2) is 13.8 Å². The Bertz CT molecular complexity index is 1790. The third kappa shape index (κ3) is 7.09. The van der Waals surface area contributed by atoms with Crippen molar-refractivity contribution in [3.8, 4) is 22.3 Å². The number of nitrogens with one attached hydrogen (secondary N) is 1. The molecule has 49 heavy (non-hydrogen) atoms. The van der Waals surface area contributed by atoms with Gasteiger partial charge >= 0.3 is 0 Å². The number of rotatable bonds is 10. The van der Waals surface area contributed by atoms with Crippen molar-refractivity contribution in [2.24, 2.45) is 7.05 Å². The first-order valence-corrected chi connectivity index (χ1v) is 17.0. The molecule has 3 aliphatic rings. The molecule has 1 saturated carbocycles.